The molecule has 8 rings (SSSR count). The van der Waals surface area contributed by atoms with Crippen molar-refractivity contribution in [2.24, 2.45) is 0 Å². The Morgan fingerprint density at radius 2 is 0.831 bits per heavy atom. The molecule has 0 aromatic heterocycles. The molecule has 2 amide bonds. The van der Waals surface area contributed by atoms with Crippen molar-refractivity contribution in [1.29, 1.82) is 0 Å². The quantitative estimate of drug-likeness (QED) is 0.0557. The van der Waals surface area contributed by atoms with Crippen LogP contribution < -0.4 is 10.6 Å². The van der Waals surface area contributed by atoms with Crippen LogP contribution in [0.1, 0.15) is 37.4 Å². The normalized spacial score (nSPS) is 12.2. The Balaban J connectivity index is 0.972. The number of Topliss-reactive ketones (excluding diaryl/α,β-unsaturated/α-hetero) is 1. The first kappa shape index (κ1) is 49.9. The summed E-state index contributed by atoms with van der Waals surface area (Å²) in [7, 11) is -19.6. The van der Waals surface area contributed by atoms with Gasteiger partial charge in [0, 0.05) is 45.5 Å². The topological polar surface area (TPSA) is 293 Å². The second-order valence-corrected chi connectivity index (χ2v) is 21.8. The highest BCUT2D eigenvalue weighted by Crippen LogP contribution is 2.38. The number of aryl methyl sites for hydroxylation is 1. The predicted octanol–water partition coefficient (Wildman–Crippen LogP) is 8.48. The number of hydrogen-bond donors (Lipinski definition) is 6. The third-order valence-corrected chi connectivity index (χ3v) is 15.0. The van der Waals surface area contributed by atoms with Crippen LogP contribution in [-0.2, 0) is 58.1 Å². The van der Waals surface area contributed by atoms with E-state index in [4.69, 9.17) is 0 Å². The van der Waals surface area contributed by atoms with E-state index in [2.05, 4.69) is 10.6 Å². The molecule has 0 bridgehead atoms. The fourth-order valence-corrected chi connectivity index (χ4v) is 11.3. The van der Waals surface area contributed by atoms with Crippen molar-refractivity contribution in [1.82, 2.24) is 0 Å². The lowest BCUT2D eigenvalue weighted by Gasteiger charge is -2.16. The van der Waals surface area contributed by atoms with Gasteiger partial charge in [-0.25, -0.2) is 0 Å². The van der Waals surface area contributed by atoms with Crippen molar-refractivity contribution in [3.05, 3.63) is 179 Å². The molecule has 0 heterocycles. The summed E-state index contributed by atoms with van der Waals surface area (Å²) in [5.74, 6) is -1.55. The second kappa shape index (κ2) is 19.0. The van der Waals surface area contributed by atoms with Crippen molar-refractivity contribution in [2.45, 2.75) is 39.3 Å². The molecule has 21 heteroatoms. The second-order valence-electron chi connectivity index (χ2n) is 16.3. The van der Waals surface area contributed by atoms with Gasteiger partial charge in [0.1, 0.15) is 25.4 Å². The zero-order valence-electron chi connectivity index (χ0n) is 36.8. The predicted molar refractivity (Wildman–Crippen MR) is 264 cm³/mol. The van der Waals surface area contributed by atoms with Crippen LogP contribution in [0.5, 0.6) is 0 Å². The molecule has 0 saturated carbocycles. The molecular weight excluding hydrogens is 997 g/mol. The summed E-state index contributed by atoms with van der Waals surface area (Å²) < 4.78 is 138. The van der Waals surface area contributed by atoms with Crippen LogP contribution in [0.15, 0.2) is 171 Å². The van der Waals surface area contributed by atoms with E-state index in [0.717, 1.165) is 36.4 Å². The van der Waals surface area contributed by atoms with E-state index in [1.165, 1.54) is 37.3 Å². The maximum Gasteiger partial charge on any atom is 0.295 e. The van der Waals surface area contributed by atoms with Gasteiger partial charge >= 0.3 is 0 Å². The average molecular weight is 1040 g/mol. The molecule has 0 atom stereocenters. The number of carbonyl (C=O) groups is 3. The molecular formula is C50H38N2O15S4. The number of carbonyl (C=O) groups excluding carboxylic acids is 3. The molecule has 6 N–H and O–H groups in total. The van der Waals surface area contributed by atoms with E-state index in [-0.39, 0.29) is 68.2 Å². The molecule has 0 radical (unpaired) electrons. The van der Waals surface area contributed by atoms with E-state index in [9.17, 15) is 66.3 Å². The highest BCUT2D eigenvalue weighted by atomic mass is 32.2. The molecule has 0 spiro atoms. The van der Waals surface area contributed by atoms with Crippen LogP contribution in [0.3, 0.4) is 0 Å². The SMILES string of the molecule is Cc1cc(S(=O)(=O)O)c2c(NC(=O)c3ccccc3-c3ccc(CC(=O)Cc4ccc(-c5ccccc5C(=O)Nc5ccc(S(=O)(=O)O)c6cccc(S(=O)(=O)O)c56)cc4)cc3)ccc(S(=O)(=O)O)c2c1. The Hall–Kier alpha value is -7.47. The van der Waals surface area contributed by atoms with E-state index in [1.807, 2.05) is 0 Å². The molecule has 0 aliphatic carbocycles. The fraction of sp³-hybridized carbons (Fsp3) is 0.0600. The molecule has 0 aliphatic rings. The standard InChI is InChI=1S/C50H38N2O15S4/c1-29-25-40-44(69(59,60)61)24-22-42(48(40)46(26-29)71(65,66)67)52-50(55)38-10-5-3-8-36(38)33-19-15-31(16-20-33)28-34(53)27-30-13-17-32(18-14-30)35-7-2-4-9-37(35)49(54)51-41-21-23-43(68(56,57)58)39-11-6-12-45(47(39)41)70(62,63)64/h2-26H,27-28H2,1H3,(H,51,54)(H,52,55)(H,56,57,58)(H,59,60,61)(H,62,63,64)(H,65,66,67). The Kier molecular flexibility index (Phi) is 13.4. The Morgan fingerprint density at radius 1 is 0.423 bits per heavy atom. The largest absolute Gasteiger partial charge is 0.321 e. The van der Waals surface area contributed by atoms with Gasteiger partial charge in [0.25, 0.3) is 52.3 Å². The van der Waals surface area contributed by atoms with Gasteiger partial charge in [-0.3, -0.25) is 32.6 Å². The lowest BCUT2D eigenvalue weighted by atomic mass is 9.95. The first-order valence-electron chi connectivity index (χ1n) is 20.9. The van der Waals surface area contributed by atoms with Gasteiger partial charge in [-0.15, -0.1) is 0 Å². The van der Waals surface area contributed by atoms with Gasteiger partial charge in [-0.1, -0.05) is 97.1 Å². The number of benzene rings is 8. The number of amides is 2. The van der Waals surface area contributed by atoms with Crippen molar-refractivity contribution >= 4 is 91.0 Å². The van der Waals surface area contributed by atoms with Crippen LogP contribution >= 0.6 is 0 Å². The molecule has 8 aromatic carbocycles. The monoisotopic (exact) mass is 1030 g/mol. The summed E-state index contributed by atoms with van der Waals surface area (Å²) in [5, 5.41) is 4.06. The Bertz CT molecular complexity index is 3990. The Morgan fingerprint density at radius 3 is 1.27 bits per heavy atom. The summed E-state index contributed by atoms with van der Waals surface area (Å²) in [6, 6.07) is 36.8. The molecule has 0 saturated heterocycles. The van der Waals surface area contributed by atoms with Crippen LogP contribution in [0.25, 0.3) is 43.8 Å². The number of hydrogen-bond acceptors (Lipinski definition) is 11. The lowest BCUT2D eigenvalue weighted by molar-refractivity contribution is -0.117. The van der Waals surface area contributed by atoms with Crippen molar-refractivity contribution in [2.75, 3.05) is 10.6 Å². The van der Waals surface area contributed by atoms with Gasteiger partial charge in [0.15, 0.2) is 0 Å². The van der Waals surface area contributed by atoms with Gasteiger partial charge in [-0.2, -0.15) is 33.7 Å². The van der Waals surface area contributed by atoms with E-state index in [0.29, 0.717) is 33.4 Å². The van der Waals surface area contributed by atoms with Gasteiger partial charge in [0.05, 0.1) is 11.4 Å². The molecule has 0 fully saturated rings. The molecule has 71 heavy (non-hydrogen) atoms. The smallest absolute Gasteiger partial charge is 0.295 e. The maximum absolute atomic E-state index is 13.9. The van der Waals surface area contributed by atoms with E-state index < -0.39 is 71.9 Å². The van der Waals surface area contributed by atoms with E-state index in [1.54, 1.807) is 84.9 Å². The third-order valence-electron chi connectivity index (χ3n) is 11.4. The first-order chi connectivity index (χ1) is 33.4. The highest BCUT2D eigenvalue weighted by molar-refractivity contribution is 7.87. The summed E-state index contributed by atoms with van der Waals surface area (Å²) in [4.78, 5) is 38.4. The van der Waals surface area contributed by atoms with Gasteiger partial charge in [0.2, 0.25) is 0 Å². The number of fused-ring (bicyclic) bond motifs is 2. The Labute approximate surface area is 406 Å². The zero-order chi connectivity index (χ0) is 51.2. The number of rotatable bonds is 14. The number of anilines is 2. The lowest BCUT2D eigenvalue weighted by Crippen LogP contribution is -2.15. The summed E-state index contributed by atoms with van der Waals surface area (Å²) >= 11 is 0. The van der Waals surface area contributed by atoms with Crippen LogP contribution in [0, 0.1) is 6.92 Å². The fourth-order valence-electron chi connectivity index (χ4n) is 8.35. The van der Waals surface area contributed by atoms with Crippen molar-refractivity contribution in [3.8, 4) is 22.3 Å². The summed E-state index contributed by atoms with van der Waals surface area (Å²) in [5.41, 5.74) is 3.65. The van der Waals surface area contributed by atoms with Crippen molar-refractivity contribution < 1.29 is 66.3 Å². The molecule has 8 aromatic rings. The van der Waals surface area contributed by atoms with Crippen molar-refractivity contribution in [3.63, 3.8) is 0 Å². The number of ketones is 1. The minimum Gasteiger partial charge on any atom is -0.321 e. The van der Waals surface area contributed by atoms with Gasteiger partial charge < -0.3 is 10.6 Å². The van der Waals surface area contributed by atoms with E-state index >= 15 is 0 Å². The highest BCUT2D eigenvalue weighted by Gasteiger charge is 2.27. The zero-order valence-corrected chi connectivity index (χ0v) is 40.0. The first-order valence-corrected chi connectivity index (χ1v) is 26.7. The van der Waals surface area contributed by atoms with Crippen LogP contribution in [0.4, 0.5) is 11.4 Å². The minimum absolute atomic E-state index is 0.0502. The molecule has 0 aliphatic heterocycles. The summed E-state index contributed by atoms with van der Waals surface area (Å²) in [6.07, 6.45) is 0.100. The van der Waals surface area contributed by atoms with Crippen LogP contribution in [0.2, 0.25) is 0 Å². The molecule has 0 unspecified atom stereocenters. The average Bonchev–Trinajstić information content (AvgIpc) is 3.30. The van der Waals surface area contributed by atoms with Gasteiger partial charge in [-0.05, 0) is 100 Å². The third kappa shape index (κ3) is 10.7. The maximum atomic E-state index is 13.9. The summed E-state index contributed by atoms with van der Waals surface area (Å²) in [6.45, 7) is 1.46. The minimum atomic E-state index is -4.95. The van der Waals surface area contributed by atoms with Crippen LogP contribution in [-0.4, -0.2) is 69.5 Å². The molecule has 362 valence electrons. The molecule has 17 nitrogen and oxygen atoms in total. The number of nitrogens with one attached hydrogen (secondary N) is 2.